The summed E-state index contributed by atoms with van der Waals surface area (Å²) in [6, 6.07) is 0. The molecule has 158 valence electrons. The molecule has 0 rings (SSSR count). The van der Waals surface area contributed by atoms with E-state index in [1.807, 2.05) is 0 Å². The number of carbonyl (C=O) groups is 6. The van der Waals surface area contributed by atoms with Crippen LogP contribution in [0.1, 0.15) is 41.5 Å². The topological polar surface area (TPSA) is 149 Å². The Labute approximate surface area is 161 Å². The first-order chi connectivity index (χ1) is 12.9. The summed E-state index contributed by atoms with van der Waals surface area (Å²) in [5, 5.41) is 0. The van der Waals surface area contributed by atoms with E-state index in [0.29, 0.717) is 0 Å². The molecule has 0 saturated carbocycles. The average Bonchev–Trinajstić information content (AvgIpc) is 2.52. The van der Waals surface area contributed by atoms with E-state index >= 15 is 0 Å². The molecule has 11 nitrogen and oxygen atoms in total. The van der Waals surface area contributed by atoms with E-state index in [9.17, 15) is 28.8 Å². The summed E-state index contributed by atoms with van der Waals surface area (Å²) in [6.07, 6.45) is -7.49. The monoisotopic (exact) mass is 404 g/mol. The fraction of sp³-hybridized carbons (Fsp3) is 0.647. The Morgan fingerprint density at radius 1 is 0.571 bits per heavy atom. The van der Waals surface area contributed by atoms with Crippen molar-refractivity contribution in [1.29, 1.82) is 0 Å². The van der Waals surface area contributed by atoms with Crippen molar-refractivity contribution in [3.8, 4) is 0 Å². The van der Waals surface area contributed by atoms with Crippen LogP contribution in [0.15, 0.2) is 0 Å². The van der Waals surface area contributed by atoms with Crippen LogP contribution >= 0.6 is 0 Å². The van der Waals surface area contributed by atoms with Gasteiger partial charge in [-0.25, -0.2) is 0 Å². The number of esters is 5. The van der Waals surface area contributed by atoms with Crippen LogP contribution in [0.3, 0.4) is 0 Å². The van der Waals surface area contributed by atoms with Crippen molar-refractivity contribution in [3.63, 3.8) is 0 Å². The molecule has 0 aromatic rings. The molecule has 0 amide bonds. The normalized spacial score (nSPS) is 15.6. The Kier molecular flexibility index (Phi) is 10.4. The molecule has 0 spiro atoms. The molecular formula is C17H24O11. The molecule has 0 aromatic heterocycles. The standard InChI is InChI=1S/C17H24O11/c1-8(24-9(2)19)15(26-11(4)21)17(28-13(6)23)16(27-12(5)22)14(7-18)25-10(3)20/h7-8,14-17H,1-6H3/t8?,14-,15+,16+,17-/m0/s1. The van der Waals surface area contributed by atoms with Crippen molar-refractivity contribution in [2.24, 2.45) is 0 Å². The predicted octanol–water partition coefficient (Wildman–Crippen LogP) is -0.136. The lowest BCUT2D eigenvalue weighted by Gasteiger charge is -2.35. The van der Waals surface area contributed by atoms with Crippen molar-refractivity contribution >= 4 is 36.1 Å². The van der Waals surface area contributed by atoms with Crippen LogP contribution in [0.5, 0.6) is 0 Å². The minimum Gasteiger partial charge on any atom is -0.459 e. The summed E-state index contributed by atoms with van der Waals surface area (Å²) < 4.78 is 25.0. The van der Waals surface area contributed by atoms with Gasteiger partial charge in [-0.2, -0.15) is 0 Å². The van der Waals surface area contributed by atoms with E-state index in [-0.39, 0.29) is 6.29 Å². The zero-order chi connectivity index (χ0) is 22.0. The maximum Gasteiger partial charge on any atom is 0.303 e. The van der Waals surface area contributed by atoms with Gasteiger partial charge in [-0.05, 0) is 6.92 Å². The largest absolute Gasteiger partial charge is 0.459 e. The zero-order valence-corrected chi connectivity index (χ0v) is 16.5. The number of carbonyl (C=O) groups excluding carboxylic acids is 6. The zero-order valence-electron chi connectivity index (χ0n) is 16.5. The van der Waals surface area contributed by atoms with Crippen LogP contribution in [-0.2, 0) is 52.5 Å². The first-order valence-electron chi connectivity index (χ1n) is 8.20. The first-order valence-corrected chi connectivity index (χ1v) is 8.20. The van der Waals surface area contributed by atoms with Crippen molar-refractivity contribution in [2.45, 2.75) is 72.1 Å². The van der Waals surface area contributed by atoms with Gasteiger partial charge in [0.05, 0.1) is 0 Å². The van der Waals surface area contributed by atoms with Crippen LogP contribution in [0.2, 0.25) is 0 Å². The molecule has 0 saturated heterocycles. The summed E-state index contributed by atoms with van der Waals surface area (Å²) in [7, 11) is 0. The lowest BCUT2D eigenvalue weighted by atomic mass is 9.99. The van der Waals surface area contributed by atoms with Gasteiger partial charge < -0.3 is 23.7 Å². The van der Waals surface area contributed by atoms with E-state index in [0.717, 1.165) is 34.6 Å². The van der Waals surface area contributed by atoms with E-state index in [1.54, 1.807) is 0 Å². The second kappa shape index (κ2) is 11.7. The van der Waals surface area contributed by atoms with E-state index in [1.165, 1.54) is 6.92 Å². The van der Waals surface area contributed by atoms with Crippen molar-refractivity contribution in [1.82, 2.24) is 0 Å². The molecule has 1 unspecified atom stereocenters. The van der Waals surface area contributed by atoms with Gasteiger partial charge >= 0.3 is 29.8 Å². The van der Waals surface area contributed by atoms with Gasteiger partial charge in [0, 0.05) is 34.6 Å². The third kappa shape index (κ3) is 9.10. The van der Waals surface area contributed by atoms with Crippen molar-refractivity contribution < 1.29 is 52.5 Å². The van der Waals surface area contributed by atoms with Gasteiger partial charge in [0.1, 0.15) is 6.10 Å². The van der Waals surface area contributed by atoms with Crippen LogP contribution in [0.4, 0.5) is 0 Å². The maximum atomic E-state index is 11.6. The second-order valence-electron chi connectivity index (χ2n) is 5.75. The molecule has 0 aliphatic rings. The van der Waals surface area contributed by atoms with Crippen LogP contribution in [0.25, 0.3) is 0 Å². The minimum atomic E-state index is -1.69. The molecule has 0 fully saturated rings. The molecule has 5 atom stereocenters. The van der Waals surface area contributed by atoms with Gasteiger partial charge in [0.2, 0.25) is 0 Å². The highest BCUT2D eigenvalue weighted by molar-refractivity contribution is 5.72. The smallest absolute Gasteiger partial charge is 0.303 e. The van der Waals surface area contributed by atoms with E-state index in [2.05, 4.69) is 0 Å². The molecule has 28 heavy (non-hydrogen) atoms. The molecular weight excluding hydrogens is 380 g/mol. The quantitative estimate of drug-likeness (QED) is 0.272. The number of ether oxygens (including phenoxy) is 5. The lowest BCUT2D eigenvalue weighted by molar-refractivity contribution is -0.207. The predicted molar refractivity (Wildman–Crippen MR) is 89.5 cm³/mol. The summed E-state index contributed by atoms with van der Waals surface area (Å²) in [4.78, 5) is 68.7. The Bertz CT molecular complexity index is 612. The minimum absolute atomic E-state index is 0.160. The average molecular weight is 404 g/mol. The number of aldehydes is 1. The molecule has 0 radical (unpaired) electrons. The van der Waals surface area contributed by atoms with Gasteiger partial charge in [-0.3, -0.25) is 28.8 Å². The summed E-state index contributed by atoms with van der Waals surface area (Å²) >= 11 is 0. The molecule has 0 heterocycles. The Morgan fingerprint density at radius 2 is 0.929 bits per heavy atom. The first kappa shape index (κ1) is 25.0. The third-order valence-electron chi connectivity index (χ3n) is 3.13. The fourth-order valence-corrected chi connectivity index (χ4v) is 2.34. The second-order valence-corrected chi connectivity index (χ2v) is 5.75. The van der Waals surface area contributed by atoms with Gasteiger partial charge in [-0.1, -0.05) is 0 Å². The third-order valence-corrected chi connectivity index (χ3v) is 3.13. The summed E-state index contributed by atoms with van der Waals surface area (Å²) in [5.74, 6) is -4.24. The number of hydrogen-bond donors (Lipinski definition) is 0. The van der Waals surface area contributed by atoms with E-state index < -0.39 is 60.4 Å². The molecule has 0 aromatic carbocycles. The van der Waals surface area contributed by atoms with Gasteiger partial charge in [0.15, 0.2) is 30.7 Å². The molecule has 0 aliphatic heterocycles. The summed E-state index contributed by atoms with van der Waals surface area (Å²) in [6.45, 7) is 6.50. The Hall–Kier alpha value is -2.98. The highest BCUT2D eigenvalue weighted by atomic mass is 16.6. The Morgan fingerprint density at radius 3 is 1.29 bits per heavy atom. The summed E-state index contributed by atoms with van der Waals surface area (Å²) in [5.41, 5.74) is 0. The molecule has 0 bridgehead atoms. The molecule has 0 aliphatic carbocycles. The van der Waals surface area contributed by atoms with Crippen LogP contribution in [0, 0.1) is 0 Å². The number of rotatable bonds is 10. The van der Waals surface area contributed by atoms with Gasteiger partial charge in [-0.15, -0.1) is 0 Å². The SMILES string of the molecule is CC(=O)OC(C)[C@@H](OC(C)=O)[C@H](OC(C)=O)[C@H](OC(C)=O)[C@H](C=O)OC(C)=O. The molecule has 0 N–H and O–H groups in total. The van der Waals surface area contributed by atoms with Gasteiger partial charge in [0.25, 0.3) is 0 Å². The maximum absolute atomic E-state index is 11.6. The Balaban J connectivity index is 6.23. The highest BCUT2D eigenvalue weighted by Gasteiger charge is 2.46. The van der Waals surface area contributed by atoms with E-state index in [4.69, 9.17) is 23.7 Å². The lowest BCUT2D eigenvalue weighted by Crippen LogP contribution is -2.55. The highest BCUT2D eigenvalue weighted by Crippen LogP contribution is 2.22. The number of hydrogen-bond acceptors (Lipinski definition) is 11. The van der Waals surface area contributed by atoms with Crippen LogP contribution < -0.4 is 0 Å². The van der Waals surface area contributed by atoms with Crippen LogP contribution in [-0.4, -0.2) is 66.7 Å². The van der Waals surface area contributed by atoms with Crippen molar-refractivity contribution in [3.05, 3.63) is 0 Å². The molecule has 11 heteroatoms. The fourth-order valence-electron chi connectivity index (χ4n) is 2.34. The van der Waals surface area contributed by atoms with Crippen molar-refractivity contribution in [2.75, 3.05) is 0 Å².